The van der Waals surface area contributed by atoms with E-state index in [9.17, 15) is 9.59 Å². The molecule has 7 heteroatoms. The summed E-state index contributed by atoms with van der Waals surface area (Å²) < 4.78 is 5.41. The van der Waals surface area contributed by atoms with Crippen molar-refractivity contribution in [2.75, 3.05) is 26.3 Å². The Morgan fingerprint density at radius 3 is 2.29 bits per heavy atom. The summed E-state index contributed by atoms with van der Waals surface area (Å²) in [6.07, 6.45) is 0. The monoisotopic (exact) mass is 414 g/mol. The van der Waals surface area contributed by atoms with Gasteiger partial charge in [-0.05, 0) is 29.8 Å². The molecule has 0 radical (unpaired) electrons. The number of amides is 2. The Bertz CT molecular complexity index is 909. The number of hydrogen-bond acceptors (Lipinski definition) is 5. The number of hydrogen-bond donors (Lipinski definition) is 0. The number of carbonyl (C=O) groups excluding carboxylic acids is 2. The number of benzene rings is 2. The number of halogens is 1. The molecule has 2 amide bonds. The van der Waals surface area contributed by atoms with Crippen LogP contribution in [0.25, 0.3) is 0 Å². The van der Waals surface area contributed by atoms with Gasteiger partial charge in [-0.15, -0.1) is 0 Å². The Morgan fingerprint density at radius 2 is 1.61 bits per heavy atom. The maximum atomic E-state index is 13.2. The van der Waals surface area contributed by atoms with Crippen molar-refractivity contribution < 1.29 is 14.3 Å². The molecule has 0 atom stereocenters. The van der Waals surface area contributed by atoms with Crippen molar-refractivity contribution in [2.45, 2.75) is 11.4 Å². The molecule has 2 aromatic carbocycles. The highest BCUT2D eigenvalue weighted by Gasteiger charge is 2.41. The van der Waals surface area contributed by atoms with Crippen LogP contribution in [0, 0.1) is 0 Å². The van der Waals surface area contributed by atoms with Gasteiger partial charge in [0.15, 0.2) is 0 Å². The van der Waals surface area contributed by atoms with Gasteiger partial charge in [-0.2, -0.15) is 0 Å². The maximum Gasteiger partial charge on any atom is 0.278 e. The SMILES string of the molecule is O=C1C(Sc2ccc(Cl)cc2)=C(N2CCOCC2)C(=O)N1Cc1ccccc1. The minimum atomic E-state index is -0.254. The molecular weight excluding hydrogens is 396 g/mol. The standard InChI is InChI=1S/C21H19ClN2O3S/c22-16-6-8-17(9-7-16)28-19-18(23-10-12-27-13-11-23)20(25)24(21(19)26)14-15-4-2-1-3-5-15/h1-9H,10-14H2. The Morgan fingerprint density at radius 1 is 0.929 bits per heavy atom. The number of imide groups is 1. The van der Waals surface area contributed by atoms with E-state index in [-0.39, 0.29) is 18.4 Å². The molecule has 0 unspecified atom stereocenters. The molecule has 0 spiro atoms. The molecule has 0 bridgehead atoms. The summed E-state index contributed by atoms with van der Waals surface area (Å²) in [6, 6.07) is 16.8. The van der Waals surface area contributed by atoms with Crippen molar-refractivity contribution >= 4 is 35.2 Å². The molecule has 2 heterocycles. The molecule has 0 N–H and O–H groups in total. The first-order valence-corrected chi connectivity index (χ1v) is 10.2. The third-order valence-corrected chi connectivity index (χ3v) is 5.98. The Labute approximate surface area is 172 Å². The first-order chi connectivity index (χ1) is 13.6. The molecular formula is C21H19ClN2O3S. The summed E-state index contributed by atoms with van der Waals surface area (Å²) in [5.41, 5.74) is 1.40. The van der Waals surface area contributed by atoms with E-state index in [1.807, 2.05) is 47.4 Å². The second-order valence-electron chi connectivity index (χ2n) is 6.52. The average Bonchev–Trinajstić information content (AvgIpc) is 2.95. The van der Waals surface area contributed by atoms with Gasteiger partial charge in [0.1, 0.15) is 10.6 Å². The van der Waals surface area contributed by atoms with Crippen LogP contribution in [0.3, 0.4) is 0 Å². The zero-order valence-electron chi connectivity index (χ0n) is 15.1. The van der Waals surface area contributed by atoms with Crippen LogP contribution in [-0.4, -0.2) is 47.9 Å². The molecule has 2 aromatic rings. The number of rotatable bonds is 5. The lowest BCUT2D eigenvalue weighted by Crippen LogP contribution is -2.40. The van der Waals surface area contributed by atoms with E-state index in [1.54, 1.807) is 12.1 Å². The van der Waals surface area contributed by atoms with Crippen molar-refractivity contribution in [2.24, 2.45) is 0 Å². The first kappa shape index (κ1) is 19.1. The molecule has 0 aromatic heterocycles. The minimum absolute atomic E-state index is 0.243. The summed E-state index contributed by atoms with van der Waals surface area (Å²) in [5.74, 6) is -0.498. The third kappa shape index (κ3) is 3.94. The molecule has 1 saturated heterocycles. The van der Waals surface area contributed by atoms with E-state index >= 15 is 0 Å². The molecule has 144 valence electrons. The fraction of sp³-hybridized carbons (Fsp3) is 0.238. The van der Waals surface area contributed by atoms with Crippen molar-refractivity contribution in [3.63, 3.8) is 0 Å². The highest BCUT2D eigenvalue weighted by atomic mass is 35.5. The van der Waals surface area contributed by atoms with Crippen LogP contribution >= 0.6 is 23.4 Å². The molecule has 2 aliphatic rings. The normalized spacial score (nSPS) is 17.6. The van der Waals surface area contributed by atoms with E-state index in [2.05, 4.69) is 0 Å². The molecule has 5 nitrogen and oxygen atoms in total. The van der Waals surface area contributed by atoms with Crippen LogP contribution in [-0.2, 0) is 20.9 Å². The van der Waals surface area contributed by atoms with E-state index in [1.165, 1.54) is 16.7 Å². The second kappa shape index (κ2) is 8.39. The van der Waals surface area contributed by atoms with Crippen LogP contribution in [0.15, 0.2) is 70.1 Å². The molecule has 2 aliphatic heterocycles. The number of thioether (sulfide) groups is 1. The largest absolute Gasteiger partial charge is 0.378 e. The van der Waals surface area contributed by atoms with E-state index in [0.29, 0.717) is 41.9 Å². The fourth-order valence-electron chi connectivity index (χ4n) is 3.23. The van der Waals surface area contributed by atoms with Gasteiger partial charge in [0.2, 0.25) is 0 Å². The average molecular weight is 415 g/mol. The van der Waals surface area contributed by atoms with Gasteiger partial charge in [0.25, 0.3) is 11.8 Å². The molecule has 0 aliphatic carbocycles. The van der Waals surface area contributed by atoms with Crippen LogP contribution in [0.2, 0.25) is 5.02 Å². The number of nitrogens with zero attached hydrogens (tertiary/aromatic N) is 2. The fourth-order valence-corrected chi connectivity index (χ4v) is 4.37. The molecule has 4 rings (SSSR count). The van der Waals surface area contributed by atoms with Crippen molar-refractivity contribution in [3.05, 3.63) is 75.8 Å². The maximum absolute atomic E-state index is 13.2. The lowest BCUT2D eigenvalue weighted by Gasteiger charge is -2.29. The molecule has 28 heavy (non-hydrogen) atoms. The predicted molar refractivity (Wildman–Crippen MR) is 109 cm³/mol. The predicted octanol–water partition coefficient (Wildman–Crippen LogP) is 3.54. The summed E-state index contributed by atoms with van der Waals surface area (Å²) in [4.78, 5) is 31.0. The lowest BCUT2D eigenvalue weighted by atomic mass is 10.2. The Kier molecular flexibility index (Phi) is 5.71. The van der Waals surface area contributed by atoms with Crippen molar-refractivity contribution in [1.29, 1.82) is 0 Å². The van der Waals surface area contributed by atoms with Crippen LogP contribution < -0.4 is 0 Å². The summed E-state index contributed by atoms with van der Waals surface area (Å²) >= 11 is 7.29. The Hall–Kier alpha value is -2.28. The van der Waals surface area contributed by atoms with Crippen molar-refractivity contribution in [3.8, 4) is 0 Å². The molecule has 0 saturated carbocycles. The first-order valence-electron chi connectivity index (χ1n) is 9.04. The van der Waals surface area contributed by atoms with Gasteiger partial charge in [-0.3, -0.25) is 14.5 Å². The molecule has 1 fully saturated rings. The van der Waals surface area contributed by atoms with Gasteiger partial charge in [-0.1, -0.05) is 53.7 Å². The summed E-state index contributed by atoms with van der Waals surface area (Å²) in [7, 11) is 0. The minimum Gasteiger partial charge on any atom is -0.378 e. The van der Waals surface area contributed by atoms with Gasteiger partial charge >= 0.3 is 0 Å². The van der Waals surface area contributed by atoms with Gasteiger partial charge in [0.05, 0.1) is 19.8 Å². The lowest BCUT2D eigenvalue weighted by molar-refractivity contribution is -0.138. The van der Waals surface area contributed by atoms with Gasteiger partial charge in [0, 0.05) is 23.0 Å². The zero-order valence-corrected chi connectivity index (χ0v) is 16.7. The van der Waals surface area contributed by atoms with Crippen LogP contribution in [0.4, 0.5) is 0 Å². The van der Waals surface area contributed by atoms with Crippen LogP contribution in [0.5, 0.6) is 0 Å². The zero-order chi connectivity index (χ0) is 19.5. The smallest absolute Gasteiger partial charge is 0.278 e. The quantitative estimate of drug-likeness (QED) is 0.700. The Balaban J connectivity index is 1.66. The van der Waals surface area contributed by atoms with Gasteiger partial charge < -0.3 is 9.64 Å². The van der Waals surface area contributed by atoms with Crippen LogP contribution in [0.1, 0.15) is 5.56 Å². The highest BCUT2D eigenvalue weighted by molar-refractivity contribution is 8.04. The van der Waals surface area contributed by atoms with Crippen molar-refractivity contribution in [1.82, 2.24) is 9.80 Å². The number of ether oxygens (including phenoxy) is 1. The van der Waals surface area contributed by atoms with E-state index in [4.69, 9.17) is 16.3 Å². The highest BCUT2D eigenvalue weighted by Crippen LogP contribution is 2.37. The van der Waals surface area contributed by atoms with E-state index in [0.717, 1.165) is 10.5 Å². The summed E-state index contributed by atoms with van der Waals surface area (Å²) in [6.45, 7) is 2.54. The second-order valence-corrected chi connectivity index (χ2v) is 8.04. The number of morpholine rings is 1. The number of carbonyl (C=O) groups is 2. The third-order valence-electron chi connectivity index (χ3n) is 4.65. The van der Waals surface area contributed by atoms with Gasteiger partial charge in [-0.25, -0.2) is 0 Å². The summed E-state index contributed by atoms with van der Waals surface area (Å²) in [5, 5.41) is 0.631. The topological polar surface area (TPSA) is 49.9 Å². The van der Waals surface area contributed by atoms with E-state index < -0.39 is 0 Å².